The normalized spacial score (nSPS) is 11.8. The van der Waals surface area contributed by atoms with E-state index in [4.69, 9.17) is 0 Å². The third kappa shape index (κ3) is 4.92. The Bertz CT molecular complexity index is 3870. The molecular formula is C59H35N5. The lowest BCUT2D eigenvalue weighted by Gasteiger charge is -2.26. The number of hydrogen-bond acceptors (Lipinski definition) is 2. The van der Waals surface area contributed by atoms with Crippen molar-refractivity contribution in [1.29, 1.82) is 10.5 Å². The Morgan fingerprint density at radius 3 is 1.03 bits per heavy atom. The van der Waals surface area contributed by atoms with E-state index in [1.807, 2.05) is 0 Å². The molecule has 0 spiro atoms. The summed E-state index contributed by atoms with van der Waals surface area (Å²) in [5.74, 6) is 0. The van der Waals surface area contributed by atoms with Crippen molar-refractivity contribution < 1.29 is 0 Å². The number of fused-ring (bicyclic) bond motifs is 11. The highest BCUT2D eigenvalue weighted by molar-refractivity contribution is 6.18. The molecule has 0 aliphatic rings. The molecule has 0 N–H and O–H groups in total. The first-order valence-electron chi connectivity index (χ1n) is 21.6. The Morgan fingerprint density at radius 1 is 0.328 bits per heavy atom. The summed E-state index contributed by atoms with van der Waals surface area (Å²) in [5.41, 5.74) is 11.3. The average Bonchev–Trinajstić information content (AvgIpc) is 3.96. The molecule has 3 heterocycles. The molecule has 0 saturated heterocycles. The minimum Gasteiger partial charge on any atom is -0.307 e. The van der Waals surface area contributed by atoms with Gasteiger partial charge in [-0.05, 0) is 82.6 Å². The van der Waals surface area contributed by atoms with E-state index < -0.39 is 0 Å². The van der Waals surface area contributed by atoms with Gasteiger partial charge in [-0.3, -0.25) is 0 Å². The first-order chi connectivity index (χ1) is 31.6. The summed E-state index contributed by atoms with van der Waals surface area (Å²) in [4.78, 5) is 0. The van der Waals surface area contributed by atoms with Gasteiger partial charge >= 0.3 is 0 Å². The van der Waals surface area contributed by atoms with E-state index in [2.05, 4.69) is 227 Å². The van der Waals surface area contributed by atoms with E-state index in [9.17, 15) is 10.5 Å². The maximum atomic E-state index is 12.1. The Kier molecular flexibility index (Phi) is 7.58. The topological polar surface area (TPSA) is 62.4 Å². The molecule has 296 valence electrons. The van der Waals surface area contributed by atoms with Gasteiger partial charge in [0.1, 0.15) is 23.3 Å². The fraction of sp³-hybridized carbons (Fsp3) is 0.0169. The standard InChI is InChI=1S/C59H35N5/c1-36-26-28-37(29-27-36)56-58(62-50-22-10-6-18-42(50)43-19-7-11-23-51(43)62)48(34-60)57(49(35-61)59(56)63-52-24-12-8-20-44(52)45-21-9-13-25-53(45)63)64-54-32-40-16-4-2-14-38(40)30-46(54)47-31-39-15-3-5-17-41(39)33-55(47)64/h2-33H,1H3. The van der Waals surface area contributed by atoms with Crippen LogP contribution in [0.25, 0.3) is 115 Å². The number of aromatic nitrogens is 3. The summed E-state index contributed by atoms with van der Waals surface area (Å²) in [6, 6.07) is 73.8. The summed E-state index contributed by atoms with van der Waals surface area (Å²) in [6.07, 6.45) is 0. The van der Waals surface area contributed by atoms with Gasteiger partial charge in [-0.2, -0.15) is 10.5 Å². The zero-order valence-corrected chi connectivity index (χ0v) is 34.7. The molecular weight excluding hydrogens is 779 g/mol. The fourth-order valence-electron chi connectivity index (χ4n) is 10.5. The van der Waals surface area contributed by atoms with E-state index in [0.29, 0.717) is 28.2 Å². The smallest absolute Gasteiger partial charge is 0.104 e. The van der Waals surface area contributed by atoms with Crippen LogP contribution in [0.5, 0.6) is 0 Å². The van der Waals surface area contributed by atoms with E-state index in [1.54, 1.807) is 0 Å². The van der Waals surface area contributed by atoms with Crippen LogP contribution in [0.15, 0.2) is 194 Å². The summed E-state index contributed by atoms with van der Waals surface area (Å²) in [5, 5.41) is 35.1. The predicted molar refractivity (Wildman–Crippen MR) is 264 cm³/mol. The van der Waals surface area contributed by atoms with Crippen molar-refractivity contribution in [2.24, 2.45) is 0 Å². The maximum absolute atomic E-state index is 12.1. The maximum Gasteiger partial charge on any atom is 0.104 e. The molecule has 64 heavy (non-hydrogen) atoms. The predicted octanol–water partition coefficient (Wildman–Crippen LogP) is 15.0. The van der Waals surface area contributed by atoms with Gasteiger partial charge in [-0.25, -0.2) is 0 Å². The van der Waals surface area contributed by atoms with Gasteiger partial charge in [0.2, 0.25) is 0 Å². The van der Waals surface area contributed by atoms with Crippen LogP contribution >= 0.6 is 0 Å². The van der Waals surface area contributed by atoms with Crippen LogP contribution in [-0.2, 0) is 0 Å². The monoisotopic (exact) mass is 813 g/mol. The summed E-state index contributed by atoms with van der Waals surface area (Å²) >= 11 is 0. The van der Waals surface area contributed by atoms with E-state index in [1.165, 1.54) is 0 Å². The summed E-state index contributed by atoms with van der Waals surface area (Å²) in [7, 11) is 0. The largest absolute Gasteiger partial charge is 0.307 e. The zero-order valence-electron chi connectivity index (χ0n) is 34.7. The van der Waals surface area contributed by atoms with Gasteiger partial charge in [0, 0.05) is 37.9 Å². The molecule has 3 aromatic heterocycles. The minimum absolute atomic E-state index is 0.406. The molecule has 5 heteroatoms. The number of benzene rings is 10. The highest BCUT2D eigenvalue weighted by Gasteiger charge is 2.33. The summed E-state index contributed by atoms with van der Waals surface area (Å²) in [6.45, 7) is 2.09. The SMILES string of the molecule is Cc1ccc(-c2c(-n3c4ccccc4c4ccccc43)c(C#N)c(-n3c4cc5ccccc5cc4c4cc5ccccc5cc43)c(C#N)c2-n2c3ccccc3c3ccccc32)cc1. The highest BCUT2D eigenvalue weighted by atomic mass is 15.1. The lowest BCUT2D eigenvalue weighted by atomic mass is 9.91. The van der Waals surface area contributed by atoms with Crippen LogP contribution in [0.2, 0.25) is 0 Å². The fourth-order valence-corrected chi connectivity index (χ4v) is 10.5. The number of para-hydroxylation sites is 4. The zero-order chi connectivity index (χ0) is 42.6. The number of rotatable bonds is 4. The second-order valence-corrected chi connectivity index (χ2v) is 16.8. The van der Waals surface area contributed by atoms with Gasteiger partial charge in [0.05, 0.1) is 50.2 Å². The number of aryl methyl sites for hydroxylation is 1. The second-order valence-electron chi connectivity index (χ2n) is 16.8. The molecule has 10 aromatic carbocycles. The van der Waals surface area contributed by atoms with Crippen LogP contribution in [-0.4, -0.2) is 13.7 Å². The van der Waals surface area contributed by atoms with Crippen molar-refractivity contribution in [1.82, 2.24) is 13.7 Å². The molecule has 0 atom stereocenters. The molecule has 5 nitrogen and oxygen atoms in total. The van der Waals surface area contributed by atoms with E-state index in [0.717, 1.165) is 104 Å². The molecule has 0 unspecified atom stereocenters. The van der Waals surface area contributed by atoms with Crippen LogP contribution < -0.4 is 0 Å². The van der Waals surface area contributed by atoms with Crippen molar-refractivity contribution in [3.8, 4) is 40.3 Å². The first-order valence-corrected chi connectivity index (χ1v) is 21.6. The Balaban J connectivity index is 1.35. The summed E-state index contributed by atoms with van der Waals surface area (Å²) < 4.78 is 6.77. The molecule has 13 rings (SSSR count). The molecule has 0 saturated carbocycles. The third-order valence-electron chi connectivity index (χ3n) is 13.3. The number of nitriles is 2. The van der Waals surface area contributed by atoms with Gasteiger partial charge in [-0.15, -0.1) is 0 Å². The highest BCUT2D eigenvalue weighted by Crippen LogP contribution is 2.49. The van der Waals surface area contributed by atoms with Gasteiger partial charge in [0.15, 0.2) is 0 Å². The molecule has 0 fully saturated rings. The third-order valence-corrected chi connectivity index (χ3v) is 13.3. The lowest BCUT2D eigenvalue weighted by Crippen LogP contribution is -2.14. The quantitative estimate of drug-likeness (QED) is 0.178. The molecule has 0 aliphatic heterocycles. The van der Waals surface area contributed by atoms with Crippen molar-refractivity contribution >= 4 is 87.0 Å². The number of nitrogens with zero attached hydrogens (tertiary/aromatic N) is 5. The van der Waals surface area contributed by atoms with Crippen molar-refractivity contribution in [3.05, 3.63) is 211 Å². The van der Waals surface area contributed by atoms with Crippen molar-refractivity contribution in [3.63, 3.8) is 0 Å². The molecule has 0 radical (unpaired) electrons. The minimum atomic E-state index is 0.406. The van der Waals surface area contributed by atoms with Gasteiger partial charge in [0.25, 0.3) is 0 Å². The van der Waals surface area contributed by atoms with Crippen LogP contribution in [0, 0.1) is 29.6 Å². The van der Waals surface area contributed by atoms with Gasteiger partial charge < -0.3 is 13.7 Å². The van der Waals surface area contributed by atoms with E-state index in [-0.39, 0.29) is 0 Å². The van der Waals surface area contributed by atoms with Crippen LogP contribution in [0.1, 0.15) is 16.7 Å². The van der Waals surface area contributed by atoms with Gasteiger partial charge in [-0.1, -0.05) is 151 Å². The van der Waals surface area contributed by atoms with Crippen LogP contribution in [0.3, 0.4) is 0 Å². The molecule has 0 bridgehead atoms. The van der Waals surface area contributed by atoms with Crippen LogP contribution in [0.4, 0.5) is 0 Å². The average molecular weight is 814 g/mol. The molecule has 0 aliphatic carbocycles. The molecule has 0 amide bonds. The molecule has 13 aromatic rings. The van der Waals surface area contributed by atoms with E-state index >= 15 is 0 Å². The number of hydrogen-bond donors (Lipinski definition) is 0. The Labute approximate surface area is 367 Å². The Morgan fingerprint density at radius 2 is 0.656 bits per heavy atom. The lowest BCUT2D eigenvalue weighted by molar-refractivity contribution is 1.08. The van der Waals surface area contributed by atoms with Crippen molar-refractivity contribution in [2.45, 2.75) is 6.92 Å². The first kappa shape index (κ1) is 35.8. The Hall–Kier alpha value is -8.90. The second kappa shape index (κ2) is 13.6. The van der Waals surface area contributed by atoms with Crippen molar-refractivity contribution in [2.75, 3.05) is 0 Å².